The minimum absolute atomic E-state index is 0.0125. The molecule has 5 heteroatoms. The first-order chi connectivity index (χ1) is 11.1. The van der Waals surface area contributed by atoms with Crippen LogP contribution in [0.5, 0.6) is 11.5 Å². The fourth-order valence-corrected chi connectivity index (χ4v) is 2.37. The van der Waals surface area contributed by atoms with Gasteiger partial charge in [0, 0.05) is 30.4 Å². The molecular formula is C18H20N2O3. The fraction of sp³-hybridized carbons (Fsp3) is 0.278. The molecule has 2 N–H and O–H groups in total. The first kappa shape index (κ1) is 15.2. The predicted molar refractivity (Wildman–Crippen MR) is 90.2 cm³/mol. The molecule has 0 radical (unpaired) electrons. The van der Waals surface area contributed by atoms with Crippen molar-refractivity contribution in [2.75, 3.05) is 24.0 Å². The normalized spacial score (nSPS) is 12.1. The van der Waals surface area contributed by atoms with Gasteiger partial charge in [-0.15, -0.1) is 0 Å². The number of hydrogen-bond donors (Lipinski definition) is 2. The summed E-state index contributed by atoms with van der Waals surface area (Å²) in [4.78, 5) is 12.0. The highest BCUT2D eigenvalue weighted by atomic mass is 16.7. The molecule has 23 heavy (non-hydrogen) atoms. The molecule has 2 aromatic carbocycles. The van der Waals surface area contributed by atoms with Gasteiger partial charge in [-0.05, 0) is 49.2 Å². The highest BCUT2D eigenvalue weighted by Gasteiger charge is 2.13. The Labute approximate surface area is 135 Å². The third-order valence-electron chi connectivity index (χ3n) is 3.84. The van der Waals surface area contributed by atoms with E-state index >= 15 is 0 Å². The molecule has 1 amide bonds. The van der Waals surface area contributed by atoms with Gasteiger partial charge < -0.3 is 20.1 Å². The zero-order valence-corrected chi connectivity index (χ0v) is 13.3. The molecule has 0 saturated heterocycles. The second-order valence-electron chi connectivity index (χ2n) is 5.59. The maximum Gasteiger partial charge on any atom is 0.231 e. The zero-order chi connectivity index (χ0) is 16.2. The lowest BCUT2D eigenvalue weighted by molar-refractivity contribution is -0.115. The van der Waals surface area contributed by atoms with E-state index in [1.807, 2.05) is 43.3 Å². The summed E-state index contributed by atoms with van der Waals surface area (Å²) >= 11 is 0. The minimum atomic E-state index is -0.0125. The SMILES string of the molecule is Cc1ccc(NC(=O)CCNc2ccc3c(c2)OCO3)cc1C. The van der Waals surface area contributed by atoms with Crippen LogP contribution < -0.4 is 20.1 Å². The first-order valence-electron chi connectivity index (χ1n) is 7.62. The van der Waals surface area contributed by atoms with Crippen LogP contribution in [-0.2, 0) is 4.79 Å². The number of rotatable bonds is 5. The Bertz CT molecular complexity index is 728. The van der Waals surface area contributed by atoms with Gasteiger partial charge in [-0.3, -0.25) is 4.79 Å². The van der Waals surface area contributed by atoms with E-state index in [-0.39, 0.29) is 12.7 Å². The highest BCUT2D eigenvalue weighted by molar-refractivity contribution is 5.91. The van der Waals surface area contributed by atoms with E-state index in [0.717, 1.165) is 22.9 Å². The topological polar surface area (TPSA) is 59.6 Å². The number of ether oxygens (including phenoxy) is 2. The molecule has 0 saturated carbocycles. The molecular weight excluding hydrogens is 292 g/mol. The third kappa shape index (κ3) is 3.74. The first-order valence-corrected chi connectivity index (χ1v) is 7.62. The molecule has 0 bridgehead atoms. The van der Waals surface area contributed by atoms with Crippen molar-refractivity contribution < 1.29 is 14.3 Å². The van der Waals surface area contributed by atoms with E-state index in [2.05, 4.69) is 17.6 Å². The van der Waals surface area contributed by atoms with E-state index in [1.54, 1.807) is 0 Å². The van der Waals surface area contributed by atoms with Gasteiger partial charge in [0.1, 0.15) is 0 Å². The van der Waals surface area contributed by atoms with Crippen LogP contribution >= 0.6 is 0 Å². The lowest BCUT2D eigenvalue weighted by Gasteiger charge is -2.09. The molecule has 0 aromatic heterocycles. The molecule has 0 spiro atoms. The van der Waals surface area contributed by atoms with Crippen LogP contribution in [0.2, 0.25) is 0 Å². The summed E-state index contributed by atoms with van der Waals surface area (Å²) in [7, 11) is 0. The molecule has 3 rings (SSSR count). The lowest BCUT2D eigenvalue weighted by Crippen LogP contribution is -2.16. The van der Waals surface area contributed by atoms with Crippen LogP contribution in [0.25, 0.3) is 0 Å². The summed E-state index contributed by atoms with van der Waals surface area (Å²) in [6.45, 7) is 4.90. The maximum absolute atomic E-state index is 12.0. The smallest absolute Gasteiger partial charge is 0.231 e. The van der Waals surface area contributed by atoms with Gasteiger partial charge in [0.15, 0.2) is 11.5 Å². The van der Waals surface area contributed by atoms with E-state index in [4.69, 9.17) is 9.47 Å². The number of anilines is 2. The molecule has 0 aliphatic carbocycles. The average molecular weight is 312 g/mol. The number of benzene rings is 2. The molecule has 0 fully saturated rings. The Morgan fingerprint density at radius 3 is 2.61 bits per heavy atom. The van der Waals surface area contributed by atoms with Crippen molar-refractivity contribution in [3.05, 3.63) is 47.5 Å². The molecule has 1 aliphatic heterocycles. The fourth-order valence-electron chi connectivity index (χ4n) is 2.37. The maximum atomic E-state index is 12.0. The summed E-state index contributed by atoms with van der Waals surface area (Å²) in [5, 5.41) is 6.13. The monoisotopic (exact) mass is 312 g/mol. The summed E-state index contributed by atoms with van der Waals surface area (Å²) in [5.74, 6) is 1.47. The molecule has 1 heterocycles. The standard InChI is InChI=1S/C18H20N2O3/c1-12-3-4-15(9-13(12)2)20-18(21)7-8-19-14-5-6-16-17(10-14)23-11-22-16/h3-6,9-10,19H,7-8,11H2,1-2H3,(H,20,21). The number of carbonyl (C=O) groups excluding carboxylic acids is 1. The Hall–Kier alpha value is -2.69. The Kier molecular flexibility index (Phi) is 4.37. The molecule has 0 atom stereocenters. The predicted octanol–water partition coefficient (Wildman–Crippen LogP) is 3.47. The van der Waals surface area contributed by atoms with Crippen LogP contribution in [0.1, 0.15) is 17.5 Å². The lowest BCUT2D eigenvalue weighted by atomic mass is 10.1. The summed E-state index contributed by atoms with van der Waals surface area (Å²) in [6.07, 6.45) is 0.390. The van der Waals surface area contributed by atoms with Gasteiger partial charge in [0.25, 0.3) is 0 Å². The second-order valence-corrected chi connectivity index (χ2v) is 5.59. The second kappa shape index (κ2) is 6.60. The summed E-state index contributed by atoms with van der Waals surface area (Å²) < 4.78 is 10.6. The van der Waals surface area contributed by atoms with Crippen LogP contribution in [0, 0.1) is 13.8 Å². The largest absolute Gasteiger partial charge is 0.454 e. The number of nitrogens with one attached hydrogen (secondary N) is 2. The average Bonchev–Trinajstić information content (AvgIpc) is 2.98. The van der Waals surface area contributed by atoms with Crippen LogP contribution in [0.15, 0.2) is 36.4 Å². The number of hydrogen-bond acceptors (Lipinski definition) is 4. The van der Waals surface area contributed by atoms with E-state index < -0.39 is 0 Å². The summed E-state index contributed by atoms with van der Waals surface area (Å²) in [6, 6.07) is 11.6. The van der Waals surface area contributed by atoms with E-state index in [9.17, 15) is 4.79 Å². The van der Waals surface area contributed by atoms with Crippen molar-refractivity contribution in [3.63, 3.8) is 0 Å². The Morgan fingerprint density at radius 2 is 1.78 bits per heavy atom. The number of carbonyl (C=O) groups is 1. The number of amides is 1. The molecule has 1 aliphatic rings. The van der Waals surface area contributed by atoms with Crippen LogP contribution in [0.3, 0.4) is 0 Å². The van der Waals surface area contributed by atoms with Crippen molar-refractivity contribution in [3.8, 4) is 11.5 Å². The Morgan fingerprint density at radius 1 is 1.00 bits per heavy atom. The van der Waals surface area contributed by atoms with Gasteiger partial charge in [-0.2, -0.15) is 0 Å². The van der Waals surface area contributed by atoms with Crippen molar-refractivity contribution in [1.82, 2.24) is 0 Å². The van der Waals surface area contributed by atoms with Gasteiger partial charge in [-0.25, -0.2) is 0 Å². The number of fused-ring (bicyclic) bond motifs is 1. The third-order valence-corrected chi connectivity index (χ3v) is 3.84. The Balaban J connectivity index is 1.48. The van der Waals surface area contributed by atoms with Gasteiger partial charge in [0.05, 0.1) is 0 Å². The van der Waals surface area contributed by atoms with Gasteiger partial charge in [-0.1, -0.05) is 6.07 Å². The van der Waals surface area contributed by atoms with Crippen molar-refractivity contribution in [1.29, 1.82) is 0 Å². The molecule has 2 aromatic rings. The van der Waals surface area contributed by atoms with Gasteiger partial charge >= 0.3 is 0 Å². The van der Waals surface area contributed by atoms with E-state index in [1.165, 1.54) is 11.1 Å². The molecule has 120 valence electrons. The van der Waals surface area contributed by atoms with E-state index in [0.29, 0.717) is 13.0 Å². The zero-order valence-electron chi connectivity index (χ0n) is 13.3. The molecule has 5 nitrogen and oxygen atoms in total. The molecule has 0 unspecified atom stereocenters. The number of aryl methyl sites for hydroxylation is 2. The summed E-state index contributed by atoms with van der Waals surface area (Å²) in [5.41, 5.74) is 4.13. The van der Waals surface area contributed by atoms with Crippen molar-refractivity contribution in [2.45, 2.75) is 20.3 Å². The van der Waals surface area contributed by atoms with Crippen LogP contribution in [0.4, 0.5) is 11.4 Å². The van der Waals surface area contributed by atoms with Crippen molar-refractivity contribution in [2.24, 2.45) is 0 Å². The van der Waals surface area contributed by atoms with Gasteiger partial charge in [0.2, 0.25) is 12.7 Å². The highest BCUT2D eigenvalue weighted by Crippen LogP contribution is 2.34. The van der Waals surface area contributed by atoms with Crippen LogP contribution in [-0.4, -0.2) is 19.2 Å². The quantitative estimate of drug-likeness (QED) is 0.887. The van der Waals surface area contributed by atoms with Crippen molar-refractivity contribution >= 4 is 17.3 Å². The minimum Gasteiger partial charge on any atom is -0.454 e.